The van der Waals surface area contributed by atoms with Crippen LogP contribution >= 0.6 is 0 Å². The van der Waals surface area contributed by atoms with Gasteiger partial charge in [0, 0.05) is 0 Å². The lowest BCUT2D eigenvalue weighted by Gasteiger charge is -2.11. The predicted octanol–water partition coefficient (Wildman–Crippen LogP) is 5.25. The number of aryl methyl sites for hydroxylation is 1. The first-order valence-electron chi connectivity index (χ1n) is 8.47. The second kappa shape index (κ2) is 9.89. The maximum absolute atomic E-state index is 12.1. The summed E-state index contributed by atoms with van der Waals surface area (Å²) < 4.78 is 29.3. The molecule has 0 bridgehead atoms. The van der Waals surface area contributed by atoms with Crippen molar-refractivity contribution in [3.8, 4) is 0 Å². The lowest BCUT2D eigenvalue weighted by molar-refractivity contribution is 0.283. The maximum Gasteiger partial charge on any atom is 0.296 e. The van der Waals surface area contributed by atoms with Crippen LogP contribution in [0.4, 0.5) is 0 Å². The lowest BCUT2D eigenvalue weighted by Crippen LogP contribution is -2.10. The number of rotatable bonds is 10. The molecule has 0 N–H and O–H groups in total. The van der Waals surface area contributed by atoms with E-state index in [2.05, 4.69) is 26.8 Å². The van der Waals surface area contributed by atoms with Crippen molar-refractivity contribution in [3.05, 3.63) is 41.5 Å². The van der Waals surface area contributed by atoms with Crippen LogP contribution in [0, 0.1) is 12.8 Å². The summed E-state index contributed by atoms with van der Waals surface area (Å²) in [5, 5.41) is 0. The van der Waals surface area contributed by atoms with Crippen molar-refractivity contribution < 1.29 is 12.6 Å². The molecule has 1 rings (SSSR count). The third kappa shape index (κ3) is 7.80. The molecule has 0 saturated heterocycles. The fourth-order valence-electron chi connectivity index (χ4n) is 2.39. The van der Waals surface area contributed by atoms with E-state index < -0.39 is 10.1 Å². The Morgan fingerprint density at radius 3 is 2.48 bits per heavy atom. The fourth-order valence-corrected chi connectivity index (χ4v) is 3.31. The summed E-state index contributed by atoms with van der Waals surface area (Å²) in [4.78, 5) is 0.230. The van der Waals surface area contributed by atoms with E-state index in [4.69, 9.17) is 4.18 Å². The zero-order chi connectivity index (χ0) is 17.3. The van der Waals surface area contributed by atoms with Crippen LogP contribution in [0.15, 0.2) is 40.8 Å². The Bertz CT molecular complexity index is 586. The Kier molecular flexibility index (Phi) is 8.56. The molecule has 0 saturated carbocycles. The molecule has 0 aliphatic heterocycles. The first-order valence-corrected chi connectivity index (χ1v) is 9.87. The summed E-state index contributed by atoms with van der Waals surface area (Å²) >= 11 is 0. The van der Waals surface area contributed by atoms with Gasteiger partial charge in [-0.25, -0.2) is 0 Å². The van der Waals surface area contributed by atoms with Crippen molar-refractivity contribution >= 4 is 10.1 Å². The molecule has 0 amide bonds. The van der Waals surface area contributed by atoms with Crippen LogP contribution in [-0.2, 0) is 14.3 Å². The van der Waals surface area contributed by atoms with Gasteiger partial charge in [-0.3, -0.25) is 4.18 Å². The fraction of sp³-hybridized carbons (Fsp3) is 0.579. The highest BCUT2D eigenvalue weighted by atomic mass is 32.2. The summed E-state index contributed by atoms with van der Waals surface area (Å²) in [7, 11) is -3.63. The molecule has 1 atom stereocenters. The minimum atomic E-state index is -3.63. The summed E-state index contributed by atoms with van der Waals surface area (Å²) in [6, 6.07) is 6.75. The third-order valence-electron chi connectivity index (χ3n) is 3.96. The van der Waals surface area contributed by atoms with Crippen molar-refractivity contribution in [1.29, 1.82) is 0 Å². The van der Waals surface area contributed by atoms with Gasteiger partial charge < -0.3 is 0 Å². The zero-order valence-electron chi connectivity index (χ0n) is 14.8. The highest BCUT2D eigenvalue weighted by Crippen LogP contribution is 2.17. The average Bonchev–Trinajstić information content (AvgIpc) is 2.47. The largest absolute Gasteiger partial charge is 0.296 e. The van der Waals surface area contributed by atoms with E-state index in [1.807, 2.05) is 6.92 Å². The Hall–Kier alpha value is -1.13. The van der Waals surface area contributed by atoms with Crippen molar-refractivity contribution in [2.45, 2.75) is 64.7 Å². The molecular weight excluding hydrogens is 308 g/mol. The Labute approximate surface area is 141 Å². The second-order valence-corrected chi connectivity index (χ2v) is 7.98. The van der Waals surface area contributed by atoms with E-state index in [0.717, 1.165) is 31.2 Å². The quantitative estimate of drug-likeness (QED) is 0.432. The molecule has 0 aromatic heterocycles. The zero-order valence-corrected chi connectivity index (χ0v) is 15.7. The monoisotopic (exact) mass is 338 g/mol. The molecule has 0 heterocycles. The van der Waals surface area contributed by atoms with E-state index in [1.165, 1.54) is 12.0 Å². The molecule has 0 radical (unpaired) electrons. The molecule has 0 fully saturated rings. The normalized spacial score (nSPS) is 14.0. The van der Waals surface area contributed by atoms with Crippen molar-refractivity contribution in [3.63, 3.8) is 0 Å². The van der Waals surface area contributed by atoms with Gasteiger partial charge in [0.15, 0.2) is 0 Å². The third-order valence-corrected chi connectivity index (χ3v) is 5.28. The summed E-state index contributed by atoms with van der Waals surface area (Å²) in [6.07, 6.45) is 7.51. The topological polar surface area (TPSA) is 43.4 Å². The molecule has 23 heavy (non-hydrogen) atoms. The Morgan fingerprint density at radius 2 is 1.87 bits per heavy atom. The first-order chi connectivity index (χ1) is 10.8. The van der Waals surface area contributed by atoms with Gasteiger partial charge in [0.2, 0.25) is 0 Å². The Balaban J connectivity index is 2.35. The molecule has 4 heteroatoms. The van der Waals surface area contributed by atoms with Gasteiger partial charge in [0.05, 0.1) is 11.5 Å². The van der Waals surface area contributed by atoms with Crippen LogP contribution in [0.3, 0.4) is 0 Å². The van der Waals surface area contributed by atoms with Crippen LogP contribution < -0.4 is 0 Å². The van der Waals surface area contributed by atoms with Gasteiger partial charge in [-0.15, -0.1) is 0 Å². The second-order valence-electron chi connectivity index (χ2n) is 6.36. The number of allylic oxidation sites excluding steroid dienone is 2. The van der Waals surface area contributed by atoms with Crippen LogP contribution in [-0.4, -0.2) is 15.0 Å². The van der Waals surface area contributed by atoms with Gasteiger partial charge in [-0.1, -0.05) is 49.6 Å². The smallest absolute Gasteiger partial charge is 0.266 e. The summed E-state index contributed by atoms with van der Waals surface area (Å²) in [5.74, 6) is 0.453. The SMILES string of the molecule is CCCC(C)=CCCC(C)CCOS(=O)(=O)c1ccc(C)cc1. The molecule has 3 nitrogen and oxygen atoms in total. The molecule has 1 aromatic rings. The average molecular weight is 339 g/mol. The van der Waals surface area contributed by atoms with Gasteiger partial charge in [0.25, 0.3) is 10.1 Å². The molecule has 0 aliphatic rings. The van der Waals surface area contributed by atoms with Crippen molar-refractivity contribution in [1.82, 2.24) is 0 Å². The number of benzene rings is 1. The van der Waals surface area contributed by atoms with E-state index in [1.54, 1.807) is 24.3 Å². The highest BCUT2D eigenvalue weighted by molar-refractivity contribution is 7.86. The van der Waals surface area contributed by atoms with Crippen LogP contribution in [0.2, 0.25) is 0 Å². The van der Waals surface area contributed by atoms with Crippen LogP contribution in [0.5, 0.6) is 0 Å². The summed E-state index contributed by atoms with van der Waals surface area (Å²) in [6.45, 7) is 8.67. The highest BCUT2D eigenvalue weighted by Gasteiger charge is 2.15. The standard InChI is InChI=1S/C19H30O3S/c1-5-7-16(2)8-6-9-17(3)14-15-22-23(20,21)19-12-10-18(4)11-13-19/h8,10-13,17H,5-7,9,14-15H2,1-4H3. The maximum atomic E-state index is 12.1. The molecule has 130 valence electrons. The Morgan fingerprint density at radius 1 is 1.22 bits per heavy atom. The van der Waals surface area contributed by atoms with E-state index >= 15 is 0 Å². The molecule has 1 aromatic carbocycles. The molecular formula is C19H30O3S. The van der Waals surface area contributed by atoms with Gasteiger partial charge >= 0.3 is 0 Å². The van der Waals surface area contributed by atoms with Crippen LogP contribution in [0.25, 0.3) is 0 Å². The first kappa shape index (κ1) is 19.9. The predicted molar refractivity (Wildman–Crippen MR) is 96.0 cm³/mol. The van der Waals surface area contributed by atoms with Gasteiger partial charge in [-0.2, -0.15) is 8.42 Å². The summed E-state index contributed by atoms with van der Waals surface area (Å²) in [5.41, 5.74) is 2.47. The molecule has 0 spiro atoms. The minimum Gasteiger partial charge on any atom is -0.266 e. The van der Waals surface area contributed by atoms with Crippen LogP contribution in [0.1, 0.15) is 58.4 Å². The van der Waals surface area contributed by atoms with Crippen molar-refractivity contribution in [2.24, 2.45) is 5.92 Å². The molecule has 0 aliphatic carbocycles. The van der Waals surface area contributed by atoms with E-state index in [-0.39, 0.29) is 11.5 Å². The van der Waals surface area contributed by atoms with E-state index in [0.29, 0.717) is 5.92 Å². The lowest BCUT2D eigenvalue weighted by atomic mass is 10.0. The number of hydrogen-bond donors (Lipinski definition) is 0. The van der Waals surface area contributed by atoms with Crippen molar-refractivity contribution in [2.75, 3.05) is 6.61 Å². The molecule has 1 unspecified atom stereocenters. The van der Waals surface area contributed by atoms with Gasteiger partial charge in [0.1, 0.15) is 0 Å². The number of hydrogen-bond acceptors (Lipinski definition) is 3. The minimum absolute atomic E-state index is 0.230. The van der Waals surface area contributed by atoms with E-state index in [9.17, 15) is 8.42 Å². The van der Waals surface area contributed by atoms with Gasteiger partial charge in [-0.05, 0) is 57.6 Å².